The molecule has 0 atom stereocenters. The smallest absolute Gasteiger partial charge is 0.341 e. The quantitative estimate of drug-likeness (QED) is 0.486. The highest BCUT2D eigenvalue weighted by molar-refractivity contribution is 7.18. The lowest BCUT2D eigenvalue weighted by molar-refractivity contribution is 0.0526. The van der Waals surface area contributed by atoms with Gasteiger partial charge in [0.05, 0.1) is 17.8 Å². The van der Waals surface area contributed by atoms with Gasteiger partial charge in [-0.05, 0) is 25.3 Å². The molecule has 1 aliphatic carbocycles. The summed E-state index contributed by atoms with van der Waals surface area (Å²) >= 11 is 1.29. The molecule has 0 amide bonds. The van der Waals surface area contributed by atoms with Gasteiger partial charge in [-0.25, -0.2) is 9.79 Å². The van der Waals surface area contributed by atoms with Crippen LogP contribution in [-0.2, 0) is 11.2 Å². The highest BCUT2D eigenvalue weighted by Gasteiger charge is 2.29. The van der Waals surface area contributed by atoms with E-state index in [1.165, 1.54) is 11.3 Å². The number of carbonyl (C=O) groups is 2. The van der Waals surface area contributed by atoms with Gasteiger partial charge in [0.2, 0.25) is 0 Å². The SMILES string of the molecule is CCOC(=O)c1c(/N=C\N(C)C)sc2c1CCCC2=O. The van der Waals surface area contributed by atoms with Gasteiger partial charge in [0.15, 0.2) is 5.78 Å². The Morgan fingerprint density at radius 2 is 2.20 bits per heavy atom. The third-order valence-electron chi connectivity index (χ3n) is 2.96. The van der Waals surface area contributed by atoms with Crippen molar-refractivity contribution >= 4 is 34.4 Å². The van der Waals surface area contributed by atoms with E-state index in [-0.39, 0.29) is 11.8 Å². The summed E-state index contributed by atoms with van der Waals surface area (Å²) in [6.45, 7) is 2.08. The van der Waals surface area contributed by atoms with E-state index in [0.717, 1.165) is 18.4 Å². The van der Waals surface area contributed by atoms with Gasteiger partial charge >= 0.3 is 5.97 Å². The first kappa shape index (κ1) is 14.7. The van der Waals surface area contributed by atoms with Gasteiger partial charge in [-0.15, -0.1) is 11.3 Å². The lowest BCUT2D eigenvalue weighted by atomic mass is 9.94. The monoisotopic (exact) mass is 294 g/mol. The fourth-order valence-corrected chi connectivity index (χ4v) is 3.27. The van der Waals surface area contributed by atoms with Gasteiger partial charge in [0.1, 0.15) is 10.6 Å². The van der Waals surface area contributed by atoms with E-state index in [1.54, 1.807) is 18.2 Å². The van der Waals surface area contributed by atoms with Crippen molar-refractivity contribution in [2.75, 3.05) is 20.7 Å². The third kappa shape index (κ3) is 2.90. The average molecular weight is 294 g/mol. The summed E-state index contributed by atoms with van der Waals surface area (Å²) in [6, 6.07) is 0. The van der Waals surface area contributed by atoms with Crippen LogP contribution in [0.15, 0.2) is 4.99 Å². The fourth-order valence-electron chi connectivity index (χ4n) is 2.13. The van der Waals surface area contributed by atoms with Crippen molar-refractivity contribution in [1.29, 1.82) is 0 Å². The topological polar surface area (TPSA) is 59.0 Å². The van der Waals surface area contributed by atoms with Crippen molar-refractivity contribution in [2.24, 2.45) is 4.99 Å². The Balaban J connectivity index is 2.49. The van der Waals surface area contributed by atoms with Gasteiger partial charge in [0.25, 0.3) is 0 Å². The maximum Gasteiger partial charge on any atom is 0.341 e. The molecule has 5 nitrogen and oxygen atoms in total. The molecule has 6 heteroatoms. The zero-order chi connectivity index (χ0) is 14.7. The van der Waals surface area contributed by atoms with Crippen molar-refractivity contribution in [1.82, 2.24) is 4.90 Å². The first-order valence-corrected chi connectivity index (χ1v) is 7.42. The second-order valence-corrected chi connectivity index (χ2v) is 5.79. The molecule has 1 aromatic rings. The number of ketones is 1. The maximum atomic E-state index is 12.1. The zero-order valence-corrected chi connectivity index (χ0v) is 12.7. The Kier molecular flexibility index (Phi) is 4.54. The lowest BCUT2D eigenvalue weighted by Gasteiger charge is -2.11. The number of hydrogen-bond acceptors (Lipinski definition) is 5. The second kappa shape index (κ2) is 6.17. The number of thiophene rings is 1. The van der Waals surface area contributed by atoms with Gasteiger partial charge in [0, 0.05) is 20.5 Å². The van der Waals surface area contributed by atoms with Gasteiger partial charge in [-0.2, -0.15) is 0 Å². The van der Waals surface area contributed by atoms with Crippen molar-refractivity contribution in [3.05, 3.63) is 16.0 Å². The molecule has 2 rings (SSSR count). The normalized spacial score (nSPS) is 14.4. The molecule has 0 saturated carbocycles. The zero-order valence-electron chi connectivity index (χ0n) is 11.9. The Morgan fingerprint density at radius 3 is 2.85 bits per heavy atom. The number of carbonyl (C=O) groups excluding carboxylic acids is 2. The van der Waals surface area contributed by atoms with Crippen LogP contribution in [-0.4, -0.2) is 43.7 Å². The Bertz CT molecular complexity index is 561. The van der Waals surface area contributed by atoms with Crippen LogP contribution < -0.4 is 0 Å². The molecule has 1 heterocycles. The highest BCUT2D eigenvalue weighted by Crippen LogP contribution is 2.40. The lowest BCUT2D eigenvalue weighted by Crippen LogP contribution is -2.13. The Labute approximate surface area is 122 Å². The minimum absolute atomic E-state index is 0.105. The minimum Gasteiger partial charge on any atom is -0.462 e. The Morgan fingerprint density at radius 1 is 1.45 bits per heavy atom. The van der Waals surface area contributed by atoms with Crippen molar-refractivity contribution < 1.29 is 14.3 Å². The first-order valence-electron chi connectivity index (χ1n) is 6.61. The largest absolute Gasteiger partial charge is 0.462 e. The molecule has 20 heavy (non-hydrogen) atoms. The van der Waals surface area contributed by atoms with Crippen molar-refractivity contribution in [3.8, 4) is 0 Å². The molecular formula is C14H18N2O3S. The van der Waals surface area contributed by atoms with E-state index in [1.807, 2.05) is 14.1 Å². The van der Waals surface area contributed by atoms with Crippen LogP contribution in [0.4, 0.5) is 5.00 Å². The molecule has 0 radical (unpaired) electrons. The highest BCUT2D eigenvalue weighted by atomic mass is 32.1. The predicted molar refractivity (Wildman–Crippen MR) is 79.4 cm³/mol. The van der Waals surface area contributed by atoms with Crippen LogP contribution in [0.25, 0.3) is 0 Å². The molecule has 0 fully saturated rings. The van der Waals surface area contributed by atoms with Crippen LogP contribution in [0.5, 0.6) is 0 Å². The van der Waals surface area contributed by atoms with Crippen LogP contribution in [0.2, 0.25) is 0 Å². The first-order chi connectivity index (χ1) is 9.54. The molecule has 0 saturated heterocycles. The number of fused-ring (bicyclic) bond motifs is 1. The van der Waals surface area contributed by atoms with Crippen LogP contribution >= 0.6 is 11.3 Å². The van der Waals surface area contributed by atoms with Gasteiger partial charge in [-0.1, -0.05) is 0 Å². The second-order valence-electron chi connectivity index (χ2n) is 4.80. The summed E-state index contributed by atoms with van der Waals surface area (Å²) in [6.07, 6.45) is 3.70. The standard InChI is InChI=1S/C14H18N2O3S/c1-4-19-14(18)11-9-6-5-7-10(17)12(9)20-13(11)15-8-16(2)3/h8H,4-7H2,1-3H3/b15-8-. The number of esters is 1. The number of hydrogen-bond donors (Lipinski definition) is 0. The van der Waals surface area contributed by atoms with Crippen LogP contribution in [0.1, 0.15) is 45.4 Å². The van der Waals surface area contributed by atoms with E-state index >= 15 is 0 Å². The molecule has 0 bridgehead atoms. The summed E-state index contributed by atoms with van der Waals surface area (Å²) in [5.74, 6) is -0.279. The molecule has 0 aromatic carbocycles. The molecule has 0 aliphatic heterocycles. The number of nitrogens with zero attached hydrogens (tertiary/aromatic N) is 2. The number of aliphatic imine (C=N–C) groups is 1. The van der Waals surface area contributed by atoms with Crippen LogP contribution in [0.3, 0.4) is 0 Å². The summed E-state index contributed by atoms with van der Waals surface area (Å²) in [5, 5.41) is 0.567. The molecule has 1 aliphatic rings. The van der Waals surface area contributed by atoms with E-state index < -0.39 is 0 Å². The molecule has 1 aromatic heterocycles. The summed E-state index contributed by atoms with van der Waals surface area (Å²) in [5.41, 5.74) is 1.29. The molecule has 108 valence electrons. The number of rotatable bonds is 4. The summed E-state index contributed by atoms with van der Waals surface area (Å²) in [7, 11) is 3.71. The third-order valence-corrected chi connectivity index (χ3v) is 4.14. The summed E-state index contributed by atoms with van der Waals surface area (Å²) in [4.78, 5) is 30.9. The minimum atomic E-state index is -0.384. The molecule has 0 unspecified atom stereocenters. The van der Waals surface area contributed by atoms with E-state index in [4.69, 9.17) is 4.74 Å². The average Bonchev–Trinajstić information content (AvgIpc) is 2.76. The predicted octanol–water partition coefficient (Wildman–Crippen LogP) is 2.67. The fraction of sp³-hybridized carbons (Fsp3) is 0.500. The Hall–Kier alpha value is -1.69. The van der Waals surface area contributed by atoms with Gasteiger partial charge in [-0.3, -0.25) is 4.79 Å². The van der Waals surface area contributed by atoms with E-state index in [0.29, 0.717) is 28.5 Å². The van der Waals surface area contributed by atoms with Gasteiger partial charge < -0.3 is 9.64 Å². The molecule has 0 N–H and O–H groups in total. The molecular weight excluding hydrogens is 276 g/mol. The maximum absolute atomic E-state index is 12.1. The van der Waals surface area contributed by atoms with Crippen molar-refractivity contribution in [2.45, 2.75) is 26.2 Å². The van der Waals surface area contributed by atoms with Crippen molar-refractivity contribution in [3.63, 3.8) is 0 Å². The van der Waals surface area contributed by atoms with E-state index in [2.05, 4.69) is 4.99 Å². The van der Waals surface area contributed by atoms with E-state index in [9.17, 15) is 9.59 Å². The summed E-state index contributed by atoms with van der Waals surface area (Å²) < 4.78 is 5.10. The molecule has 0 spiro atoms. The number of Topliss-reactive ketones (excluding diaryl/α,β-unsaturated/α-hetero) is 1. The number of ether oxygens (including phenoxy) is 1. The van der Waals surface area contributed by atoms with Crippen LogP contribution in [0, 0.1) is 0 Å².